The maximum absolute atomic E-state index is 15.4. The Labute approximate surface area is 282 Å². The van der Waals surface area contributed by atoms with Crippen LogP contribution >= 0.6 is 0 Å². The molecule has 6 rings (SSSR count). The van der Waals surface area contributed by atoms with Gasteiger partial charge in [0.15, 0.2) is 34.5 Å². The van der Waals surface area contributed by atoms with Crippen LogP contribution in [0.3, 0.4) is 0 Å². The Morgan fingerprint density at radius 3 is 2.49 bits per heavy atom. The second-order valence-electron chi connectivity index (χ2n) is 11.6. The zero-order valence-corrected chi connectivity index (χ0v) is 27.4. The van der Waals surface area contributed by atoms with Gasteiger partial charge in [0.25, 0.3) is 5.91 Å². The molecule has 2 aromatic heterocycles. The highest BCUT2D eigenvalue weighted by Crippen LogP contribution is 2.38. The summed E-state index contributed by atoms with van der Waals surface area (Å²) in [6.07, 6.45) is 3.70. The first-order valence-electron chi connectivity index (χ1n) is 16.0. The van der Waals surface area contributed by atoms with Gasteiger partial charge in [-0.25, -0.2) is 13.5 Å². The number of hydrogen-bond donors (Lipinski definition) is 1. The van der Waals surface area contributed by atoms with Gasteiger partial charge in [0.05, 0.1) is 50.4 Å². The third kappa shape index (κ3) is 8.24. The number of methoxy groups -OCH3 is 1. The number of anilines is 1. The minimum atomic E-state index is -0.703. The Hall–Kier alpha value is -5.27. The van der Waals surface area contributed by atoms with Crippen LogP contribution in [0.25, 0.3) is 16.6 Å². The largest absolute Gasteiger partial charge is 0.493 e. The molecule has 1 N–H and O–H groups in total. The number of nitrogens with zero attached hydrogens (tertiary/aromatic N) is 4. The molecule has 49 heavy (non-hydrogen) atoms. The van der Waals surface area contributed by atoms with E-state index >= 15 is 4.39 Å². The maximum atomic E-state index is 15.4. The van der Waals surface area contributed by atoms with Gasteiger partial charge in [-0.3, -0.25) is 14.7 Å². The van der Waals surface area contributed by atoms with Gasteiger partial charge in [0.1, 0.15) is 11.6 Å². The highest BCUT2D eigenvalue weighted by molar-refractivity contribution is 6.04. The number of rotatable bonds is 13. The van der Waals surface area contributed by atoms with E-state index in [9.17, 15) is 9.18 Å². The number of aromatic nitrogens is 3. The molecule has 1 fully saturated rings. The number of ether oxygens (including phenoxy) is 5. The molecular formula is C36H37F2N5O6. The predicted molar refractivity (Wildman–Crippen MR) is 179 cm³/mol. The summed E-state index contributed by atoms with van der Waals surface area (Å²) in [7, 11) is 1.55. The van der Waals surface area contributed by atoms with E-state index in [1.807, 2.05) is 13.8 Å². The predicted octanol–water partition coefficient (Wildman–Crippen LogP) is 6.64. The zero-order valence-electron chi connectivity index (χ0n) is 27.4. The number of fused-ring (bicyclic) bond motifs is 1. The van der Waals surface area contributed by atoms with E-state index in [-0.39, 0.29) is 29.0 Å². The molecule has 0 aliphatic carbocycles. The summed E-state index contributed by atoms with van der Waals surface area (Å²) in [5.41, 5.74) is 1.28. The molecular weight excluding hydrogens is 636 g/mol. The molecule has 13 heteroatoms. The van der Waals surface area contributed by atoms with Gasteiger partial charge in [-0.15, -0.1) is 0 Å². The van der Waals surface area contributed by atoms with Gasteiger partial charge in [0.2, 0.25) is 0 Å². The van der Waals surface area contributed by atoms with Crippen molar-refractivity contribution in [2.45, 2.75) is 26.4 Å². The van der Waals surface area contributed by atoms with E-state index in [1.165, 1.54) is 47.3 Å². The first-order valence-corrected chi connectivity index (χ1v) is 16.0. The molecule has 1 saturated heterocycles. The number of morpholine rings is 1. The van der Waals surface area contributed by atoms with E-state index in [1.54, 1.807) is 31.5 Å². The van der Waals surface area contributed by atoms with Crippen LogP contribution < -0.4 is 24.3 Å². The van der Waals surface area contributed by atoms with Crippen molar-refractivity contribution in [2.75, 3.05) is 51.9 Å². The molecule has 11 nitrogen and oxygen atoms in total. The van der Waals surface area contributed by atoms with Crippen molar-refractivity contribution in [1.29, 1.82) is 0 Å². The highest BCUT2D eigenvalue weighted by Gasteiger charge is 2.21. The van der Waals surface area contributed by atoms with Crippen LogP contribution in [-0.2, 0) is 4.74 Å². The quantitative estimate of drug-likeness (QED) is 0.138. The number of carbonyl (C=O) groups excluding carboxylic acids is 1. The van der Waals surface area contributed by atoms with Gasteiger partial charge >= 0.3 is 0 Å². The normalized spacial score (nSPS) is 13.4. The number of hydrogen-bond acceptors (Lipinski definition) is 9. The minimum absolute atomic E-state index is 0.0172. The molecule has 5 aromatic rings. The van der Waals surface area contributed by atoms with Crippen LogP contribution in [0.4, 0.5) is 14.5 Å². The summed E-state index contributed by atoms with van der Waals surface area (Å²) in [5, 5.41) is 7.62. The van der Waals surface area contributed by atoms with E-state index < -0.39 is 17.5 Å². The Kier molecular flexibility index (Phi) is 10.5. The standard InChI is InChI=1S/C36H37F2N5O6/c1-23(2)48-34-22-43(26-8-5-24(37)6-9-26)41-35(34)36(44)40-25-7-10-31(28(38)19-25)49-30-11-12-39-29-21-33(32(45-3)20-27(29)30)47-16-4-13-42-14-17-46-18-15-42/h5-12,19-23H,4,13-18H2,1-3H3,(H,40,44). The van der Waals surface area contributed by atoms with Gasteiger partial charge in [-0.1, -0.05) is 0 Å². The molecule has 1 aliphatic heterocycles. The topological polar surface area (TPSA) is 109 Å². The summed E-state index contributed by atoms with van der Waals surface area (Å²) in [5.74, 6) is -0.142. The lowest BCUT2D eigenvalue weighted by atomic mass is 10.1. The van der Waals surface area contributed by atoms with Gasteiger partial charge in [-0.05, 0) is 68.8 Å². The van der Waals surface area contributed by atoms with Crippen molar-refractivity contribution in [2.24, 2.45) is 0 Å². The van der Waals surface area contributed by atoms with Crippen molar-refractivity contribution in [3.8, 4) is 34.4 Å². The van der Waals surface area contributed by atoms with Crippen LogP contribution in [0, 0.1) is 11.6 Å². The smallest absolute Gasteiger partial charge is 0.280 e. The summed E-state index contributed by atoms with van der Waals surface area (Å²) >= 11 is 0. The molecule has 256 valence electrons. The molecule has 0 bridgehead atoms. The third-order valence-electron chi connectivity index (χ3n) is 7.73. The number of carbonyl (C=O) groups is 1. The zero-order chi connectivity index (χ0) is 34.3. The number of benzene rings is 3. The average Bonchev–Trinajstić information content (AvgIpc) is 3.51. The lowest BCUT2D eigenvalue weighted by molar-refractivity contribution is 0.0357. The van der Waals surface area contributed by atoms with Crippen molar-refractivity contribution < 1.29 is 37.3 Å². The Bertz CT molecular complexity index is 1910. The highest BCUT2D eigenvalue weighted by atomic mass is 19.1. The molecule has 3 aromatic carbocycles. The van der Waals surface area contributed by atoms with E-state index in [0.717, 1.165) is 45.3 Å². The van der Waals surface area contributed by atoms with E-state index in [0.29, 0.717) is 40.4 Å². The van der Waals surface area contributed by atoms with Crippen LogP contribution in [0.15, 0.2) is 73.1 Å². The first kappa shape index (κ1) is 33.6. The Morgan fingerprint density at radius 1 is 0.959 bits per heavy atom. The maximum Gasteiger partial charge on any atom is 0.280 e. The fraction of sp³-hybridized carbons (Fsp3) is 0.306. The summed E-state index contributed by atoms with van der Waals surface area (Å²) in [6, 6.07) is 14.9. The number of amides is 1. The summed E-state index contributed by atoms with van der Waals surface area (Å²) < 4.78 is 59.1. The minimum Gasteiger partial charge on any atom is -0.493 e. The molecule has 1 aliphatic rings. The average molecular weight is 674 g/mol. The van der Waals surface area contributed by atoms with Gasteiger partial charge in [0, 0.05) is 49.0 Å². The molecule has 0 saturated carbocycles. The van der Waals surface area contributed by atoms with Crippen molar-refractivity contribution in [3.63, 3.8) is 0 Å². The fourth-order valence-electron chi connectivity index (χ4n) is 5.34. The SMILES string of the molecule is COc1cc2c(Oc3ccc(NC(=O)c4nn(-c5ccc(F)cc5)cc4OC(C)C)cc3F)ccnc2cc1OCCCN1CCOCC1. The molecule has 0 radical (unpaired) electrons. The second-order valence-corrected chi connectivity index (χ2v) is 11.6. The van der Waals surface area contributed by atoms with E-state index in [2.05, 4.69) is 20.3 Å². The number of halogens is 2. The van der Waals surface area contributed by atoms with Crippen molar-refractivity contribution in [3.05, 3.63) is 90.4 Å². The van der Waals surface area contributed by atoms with Crippen molar-refractivity contribution in [1.82, 2.24) is 19.7 Å². The lowest BCUT2D eigenvalue weighted by Gasteiger charge is -2.26. The third-order valence-corrected chi connectivity index (χ3v) is 7.73. The van der Waals surface area contributed by atoms with Crippen LogP contribution in [-0.4, -0.2) is 78.2 Å². The van der Waals surface area contributed by atoms with Crippen molar-refractivity contribution >= 4 is 22.5 Å². The molecule has 0 unspecified atom stereocenters. The fourth-order valence-corrected chi connectivity index (χ4v) is 5.34. The van der Waals surface area contributed by atoms with E-state index in [4.69, 9.17) is 23.7 Å². The van der Waals surface area contributed by atoms with Crippen LogP contribution in [0.5, 0.6) is 28.7 Å². The monoisotopic (exact) mass is 673 g/mol. The molecule has 1 amide bonds. The Balaban J connectivity index is 1.15. The van der Waals surface area contributed by atoms with Crippen LogP contribution in [0.1, 0.15) is 30.8 Å². The lowest BCUT2D eigenvalue weighted by Crippen LogP contribution is -2.37. The van der Waals surface area contributed by atoms with Gasteiger partial charge in [-0.2, -0.15) is 5.10 Å². The molecule has 0 spiro atoms. The number of pyridine rings is 1. The number of nitrogens with one attached hydrogen (secondary N) is 1. The molecule has 0 atom stereocenters. The van der Waals surface area contributed by atoms with Crippen LogP contribution in [0.2, 0.25) is 0 Å². The molecule has 3 heterocycles. The Morgan fingerprint density at radius 2 is 1.76 bits per heavy atom. The second kappa shape index (κ2) is 15.3. The van der Waals surface area contributed by atoms with Gasteiger partial charge < -0.3 is 29.0 Å². The first-order chi connectivity index (χ1) is 23.8. The summed E-state index contributed by atoms with van der Waals surface area (Å²) in [4.78, 5) is 20.1. The summed E-state index contributed by atoms with van der Waals surface area (Å²) in [6.45, 7) is 8.40.